The predicted molar refractivity (Wildman–Crippen MR) is 151 cm³/mol. The molecule has 4 aromatic rings. The Balaban J connectivity index is 1.31. The quantitative estimate of drug-likeness (QED) is 0.281. The van der Waals surface area contributed by atoms with Crippen LogP contribution in [-0.2, 0) is 10.5 Å². The molecule has 0 saturated carbocycles. The summed E-state index contributed by atoms with van der Waals surface area (Å²) in [5.74, 6) is 1.06. The Kier molecular flexibility index (Phi) is 8.44. The van der Waals surface area contributed by atoms with Gasteiger partial charge in [-0.2, -0.15) is 0 Å². The molecule has 1 aliphatic heterocycles. The van der Waals surface area contributed by atoms with Gasteiger partial charge in [0.1, 0.15) is 10.7 Å². The zero-order chi connectivity index (χ0) is 27.4. The van der Waals surface area contributed by atoms with Gasteiger partial charge in [-0.3, -0.25) is 14.3 Å². The van der Waals surface area contributed by atoms with Crippen molar-refractivity contribution in [1.29, 1.82) is 0 Å². The number of hydrogen-bond acceptors (Lipinski definition) is 9. The van der Waals surface area contributed by atoms with E-state index >= 15 is 0 Å². The highest BCUT2D eigenvalue weighted by molar-refractivity contribution is 7.98. The average Bonchev–Trinajstić information content (AvgIpc) is 3.61. The molecule has 1 aliphatic rings. The Hall–Kier alpha value is -3.48. The van der Waals surface area contributed by atoms with Crippen molar-refractivity contribution < 1.29 is 14.3 Å². The summed E-state index contributed by atoms with van der Waals surface area (Å²) in [5, 5.41) is 12.8. The summed E-state index contributed by atoms with van der Waals surface area (Å²) in [5.41, 5.74) is 3.21. The van der Waals surface area contributed by atoms with Crippen molar-refractivity contribution in [2.45, 2.75) is 24.8 Å². The zero-order valence-corrected chi connectivity index (χ0v) is 23.8. The minimum Gasteiger partial charge on any atom is -0.450 e. The summed E-state index contributed by atoms with van der Waals surface area (Å²) in [6, 6.07) is 9.50. The maximum absolute atomic E-state index is 13.0. The fourth-order valence-electron chi connectivity index (χ4n) is 4.16. The molecule has 0 aliphatic carbocycles. The van der Waals surface area contributed by atoms with Crippen LogP contribution in [0, 0.1) is 6.92 Å². The molecule has 0 bridgehead atoms. The third-order valence-corrected chi connectivity index (χ3v) is 8.38. The maximum atomic E-state index is 13.0. The van der Waals surface area contributed by atoms with E-state index in [0.29, 0.717) is 60.2 Å². The van der Waals surface area contributed by atoms with E-state index in [-0.39, 0.29) is 12.0 Å². The van der Waals surface area contributed by atoms with Crippen molar-refractivity contribution in [3.05, 3.63) is 69.4 Å². The highest BCUT2D eigenvalue weighted by atomic mass is 35.5. The van der Waals surface area contributed by atoms with Gasteiger partial charge in [0.25, 0.3) is 5.91 Å². The second-order valence-electron chi connectivity index (χ2n) is 8.70. The molecule has 39 heavy (non-hydrogen) atoms. The summed E-state index contributed by atoms with van der Waals surface area (Å²) in [6.45, 7) is 5.89. The normalized spacial score (nSPS) is 13.5. The zero-order valence-electron chi connectivity index (χ0n) is 21.4. The number of thioether (sulfide) groups is 1. The molecule has 13 heteroatoms. The van der Waals surface area contributed by atoms with Crippen molar-refractivity contribution >= 4 is 46.7 Å². The van der Waals surface area contributed by atoms with E-state index in [1.54, 1.807) is 34.5 Å². The topological polar surface area (TPSA) is 106 Å². The van der Waals surface area contributed by atoms with E-state index in [2.05, 4.69) is 20.2 Å². The van der Waals surface area contributed by atoms with Gasteiger partial charge in [-0.25, -0.2) is 9.78 Å². The van der Waals surface area contributed by atoms with E-state index in [9.17, 15) is 9.59 Å². The number of benzene rings is 1. The van der Waals surface area contributed by atoms with Crippen LogP contribution in [0.25, 0.3) is 17.1 Å². The highest BCUT2D eigenvalue weighted by Crippen LogP contribution is 2.32. The minimum atomic E-state index is -0.342. The predicted octanol–water partition coefficient (Wildman–Crippen LogP) is 4.95. The summed E-state index contributed by atoms with van der Waals surface area (Å²) in [7, 11) is 0. The molecule has 2 amide bonds. The Morgan fingerprint density at radius 2 is 1.82 bits per heavy atom. The number of thiazole rings is 1. The van der Waals surface area contributed by atoms with Crippen molar-refractivity contribution in [2.24, 2.45) is 0 Å². The number of carbonyl (C=O) groups excluding carboxylic acids is 2. The van der Waals surface area contributed by atoms with Gasteiger partial charge in [-0.1, -0.05) is 29.4 Å². The van der Waals surface area contributed by atoms with Crippen LogP contribution in [0.15, 0.2) is 53.3 Å². The van der Waals surface area contributed by atoms with Gasteiger partial charge < -0.3 is 14.5 Å². The Labute approximate surface area is 239 Å². The highest BCUT2D eigenvalue weighted by Gasteiger charge is 2.27. The first-order chi connectivity index (χ1) is 18.9. The number of carbonyl (C=O) groups is 2. The van der Waals surface area contributed by atoms with Crippen LogP contribution >= 0.6 is 34.7 Å². The van der Waals surface area contributed by atoms with Gasteiger partial charge in [-0.05, 0) is 43.7 Å². The first-order valence-electron chi connectivity index (χ1n) is 12.3. The van der Waals surface area contributed by atoms with Crippen molar-refractivity contribution in [2.75, 3.05) is 32.8 Å². The number of aryl methyl sites for hydroxylation is 1. The largest absolute Gasteiger partial charge is 0.450 e. The fourth-order valence-corrected chi connectivity index (χ4v) is 6.06. The first kappa shape index (κ1) is 27.1. The molecule has 0 radical (unpaired) electrons. The average molecular weight is 584 g/mol. The summed E-state index contributed by atoms with van der Waals surface area (Å²) in [6.07, 6.45) is 3.10. The fraction of sp³-hybridized carbons (Fsp3) is 0.308. The number of amides is 2. The lowest BCUT2D eigenvalue weighted by Crippen LogP contribution is -2.50. The third kappa shape index (κ3) is 6.07. The smallest absolute Gasteiger partial charge is 0.409 e. The maximum Gasteiger partial charge on any atom is 0.409 e. The van der Waals surface area contributed by atoms with E-state index in [4.69, 9.17) is 16.3 Å². The van der Waals surface area contributed by atoms with E-state index in [0.717, 1.165) is 21.8 Å². The Morgan fingerprint density at radius 1 is 1.08 bits per heavy atom. The molecular formula is C26H26ClN7O3S2. The Bertz CT molecular complexity index is 1470. The SMILES string of the molecule is CCOC(=O)N1CCN(C(=O)c2csc(CSc3nnc(-c4ccncc4)n3-c3cc(Cl)ccc3C)n2)CC1. The molecule has 202 valence electrons. The molecule has 1 saturated heterocycles. The summed E-state index contributed by atoms with van der Waals surface area (Å²) in [4.78, 5) is 37.0. The standard InChI is InChI=1S/C26H26ClN7O3S2/c1-3-37-26(36)33-12-10-32(11-13-33)24(35)20-15-38-22(29-20)16-39-25-31-30-23(18-6-8-28-9-7-18)34(25)21-14-19(27)5-4-17(21)2/h4-9,14-15H,3,10-13,16H2,1-2H3. The van der Waals surface area contributed by atoms with E-state index in [1.807, 2.05) is 41.8 Å². The molecule has 1 fully saturated rings. The lowest BCUT2D eigenvalue weighted by atomic mass is 10.2. The monoisotopic (exact) mass is 583 g/mol. The number of nitrogens with zero attached hydrogens (tertiary/aromatic N) is 7. The van der Waals surface area contributed by atoms with Gasteiger partial charge in [0, 0.05) is 54.5 Å². The van der Waals surface area contributed by atoms with Crippen LogP contribution < -0.4 is 0 Å². The molecule has 1 aromatic carbocycles. The molecular weight excluding hydrogens is 558 g/mol. The van der Waals surface area contributed by atoms with Crippen molar-refractivity contribution in [1.82, 2.24) is 34.5 Å². The molecule has 4 heterocycles. The van der Waals surface area contributed by atoms with E-state index in [1.165, 1.54) is 23.1 Å². The van der Waals surface area contributed by atoms with Crippen LogP contribution in [0.3, 0.4) is 0 Å². The number of piperazine rings is 1. The van der Waals surface area contributed by atoms with Crippen LogP contribution in [0.1, 0.15) is 28.0 Å². The third-order valence-electron chi connectivity index (χ3n) is 6.17. The van der Waals surface area contributed by atoms with Crippen LogP contribution in [0.4, 0.5) is 4.79 Å². The summed E-state index contributed by atoms with van der Waals surface area (Å²) < 4.78 is 7.04. The number of rotatable bonds is 7. The number of hydrogen-bond donors (Lipinski definition) is 0. The van der Waals surface area contributed by atoms with Gasteiger partial charge >= 0.3 is 6.09 Å². The number of ether oxygens (including phenoxy) is 1. The van der Waals surface area contributed by atoms with Crippen LogP contribution in [0.2, 0.25) is 5.02 Å². The van der Waals surface area contributed by atoms with Crippen LogP contribution in [0.5, 0.6) is 0 Å². The lowest BCUT2D eigenvalue weighted by molar-refractivity contribution is 0.0566. The van der Waals surface area contributed by atoms with Crippen molar-refractivity contribution in [3.8, 4) is 17.1 Å². The second kappa shape index (κ2) is 12.1. The van der Waals surface area contributed by atoms with Gasteiger partial charge in [-0.15, -0.1) is 21.5 Å². The molecule has 0 spiro atoms. The molecule has 5 rings (SSSR count). The molecule has 0 atom stereocenters. The van der Waals surface area contributed by atoms with Gasteiger partial charge in [0.2, 0.25) is 0 Å². The molecule has 0 unspecified atom stereocenters. The van der Waals surface area contributed by atoms with Crippen molar-refractivity contribution in [3.63, 3.8) is 0 Å². The van der Waals surface area contributed by atoms with E-state index < -0.39 is 0 Å². The van der Waals surface area contributed by atoms with Gasteiger partial charge in [0.15, 0.2) is 11.0 Å². The minimum absolute atomic E-state index is 0.135. The molecule has 0 N–H and O–H groups in total. The number of aromatic nitrogens is 5. The lowest BCUT2D eigenvalue weighted by Gasteiger charge is -2.33. The van der Waals surface area contributed by atoms with Gasteiger partial charge in [0.05, 0.1) is 18.0 Å². The second-order valence-corrected chi connectivity index (χ2v) is 11.0. The molecule has 3 aromatic heterocycles. The summed E-state index contributed by atoms with van der Waals surface area (Å²) >= 11 is 9.27. The molecule has 10 nitrogen and oxygen atoms in total. The Morgan fingerprint density at radius 3 is 2.56 bits per heavy atom. The first-order valence-corrected chi connectivity index (χ1v) is 14.6. The number of pyridine rings is 1. The number of halogens is 1. The van der Waals surface area contributed by atoms with Crippen LogP contribution in [-0.4, -0.2) is 79.3 Å².